The highest BCUT2D eigenvalue weighted by atomic mass is 16.6. The third-order valence-electron chi connectivity index (χ3n) is 9.11. The summed E-state index contributed by atoms with van der Waals surface area (Å²) in [5.74, 6) is 9.45. The van der Waals surface area contributed by atoms with Gasteiger partial charge >= 0.3 is 35.8 Å². The molecule has 0 radical (unpaired) electrons. The lowest BCUT2D eigenvalue weighted by Gasteiger charge is -2.06. The fourth-order valence-corrected chi connectivity index (χ4v) is 5.57. The number of carbonyl (C=O) groups excluding carboxylic acids is 6. The Kier molecular flexibility index (Phi) is 21.4. The van der Waals surface area contributed by atoms with Gasteiger partial charge in [0.05, 0.1) is 38.9 Å². The van der Waals surface area contributed by atoms with Crippen LogP contribution in [0, 0.1) is 23.7 Å². The van der Waals surface area contributed by atoms with Gasteiger partial charge < -0.3 is 28.4 Å². The van der Waals surface area contributed by atoms with E-state index in [-0.39, 0.29) is 65.3 Å². The van der Waals surface area contributed by atoms with E-state index in [4.69, 9.17) is 28.4 Å². The van der Waals surface area contributed by atoms with Gasteiger partial charge in [0.15, 0.2) is 0 Å². The monoisotopic (exact) mass is 866 g/mol. The minimum absolute atomic E-state index is 0.0815. The summed E-state index contributed by atoms with van der Waals surface area (Å²) in [7, 11) is 0. The Morgan fingerprint density at radius 3 is 0.844 bits per heavy atom. The van der Waals surface area contributed by atoms with E-state index in [1.54, 1.807) is 0 Å². The number of hydrogen-bond acceptors (Lipinski definition) is 12. The van der Waals surface area contributed by atoms with Crippen molar-refractivity contribution in [3.05, 3.63) is 167 Å². The molecule has 64 heavy (non-hydrogen) atoms. The highest BCUT2D eigenvalue weighted by Gasteiger charge is 2.11. The first kappa shape index (κ1) is 49.0. The molecule has 4 rings (SSSR count). The summed E-state index contributed by atoms with van der Waals surface area (Å²) < 4.78 is 29.7. The van der Waals surface area contributed by atoms with E-state index in [0.29, 0.717) is 12.8 Å². The zero-order chi connectivity index (χ0) is 45.8. The first-order valence-electron chi connectivity index (χ1n) is 20.7. The molecular formula is C52H50O12. The van der Waals surface area contributed by atoms with E-state index in [9.17, 15) is 28.8 Å². The zero-order valence-corrected chi connectivity index (χ0v) is 35.6. The fraction of sp³-hybridized carbons (Fsp3) is 0.269. The predicted molar refractivity (Wildman–Crippen MR) is 237 cm³/mol. The van der Waals surface area contributed by atoms with Crippen molar-refractivity contribution in [1.29, 1.82) is 0 Å². The highest BCUT2D eigenvalue weighted by Crippen LogP contribution is 2.12. The lowest BCUT2D eigenvalue weighted by atomic mass is 10.0. The lowest BCUT2D eigenvalue weighted by molar-refractivity contribution is -0.152. The number of aryl methyl sites for hydroxylation is 2. The molecule has 0 heterocycles. The van der Waals surface area contributed by atoms with Gasteiger partial charge in [-0.2, -0.15) is 0 Å². The van der Waals surface area contributed by atoms with Gasteiger partial charge in [-0.25, -0.2) is 9.59 Å². The zero-order valence-electron chi connectivity index (χ0n) is 35.6. The topological polar surface area (TPSA) is 158 Å². The smallest absolute Gasteiger partial charge is 0.330 e. The van der Waals surface area contributed by atoms with Crippen molar-refractivity contribution in [2.75, 3.05) is 39.6 Å². The van der Waals surface area contributed by atoms with Crippen molar-refractivity contribution in [1.82, 2.24) is 0 Å². The number of carbonyl (C=O) groups is 6. The van der Waals surface area contributed by atoms with Gasteiger partial charge in [-0.15, -0.1) is 0 Å². The summed E-state index contributed by atoms with van der Waals surface area (Å²) in [5.41, 5.74) is 7.95. The Bertz CT molecular complexity index is 2150. The van der Waals surface area contributed by atoms with Gasteiger partial charge in [-0.1, -0.05) is 85.4 Å². The quantitative estimate of drug-likeness (QED) is 0.0261. The summed E-state index contributed by atoms with van der Waals surface area (Å²) in [5, 5.41) is 0. The van der Waals surface area contributed by atoms with Gasteiger partial charge in [0.25, 0.3) is 0 Å². The molecule has 4 aromatic carbocycles. The summed E-state index contributed by atoms with van der Waals surface area (Å²) in [6.45, 7) is 6.55. The second kappa shape index (κ2) is 28.0. The maximum atomic E-state index is 12.0. The van der Waals surface area contributed by atoms with E-state index in [2.05, 4.69) is 61.1 Å². The minimum atomic E-state index is -0.605. The van der Waals surface area contributed by atoms with Crippen molar-refractivity contribution < 1.29 is 57.2 Å². The second-order valence-corrected chi connectivity index (χ2v) is 13.9. The molecule has 0 unspecified atom stereocenters. The van der Waals surface area contributed by atoms with Crippen LogP contribution in [0.3, 0.4) is 0 Å². The molecule has 12 nitrogen and oxygen atoms in total. The Balaban J connectivity index is 1.09. The van der Waals surface area contributed by atoms with Crippen molar-refractivity contribution in [2.45, 2.75) is 51.4 Å². The number of ether oxygens (including phenoxy) is 6. The van der Waals surface area contributed by atoms with E-state index < -0.39 is 35.8 Å². The predicted octanol–water partition coefficient (Wildman–Crippen LogP) is 6.55. The van der Waals surface area contributed by atoms with Gasteiger partial charge in [0, 0.05) is 47.2 Å². The number of hydrogen-bond donors (Lipinski definition) is 0. The third-order valence-corrected chi connectivity index (χ3v) is 9.11. The molecule has 0 spiro atoms. The SMILES string of the molecule is C=CC(=O)OCCOC(=O)CCC(=O)OCCc1ccc(C#Cc2ccc(CCc3ccc(C#Cc4ccc(CCOC(=O)CCC(=O)OCCOC(=O)C=C)cc4)cc3)cc2)cc1. The van der Waals surface area contributed by atoms with Crippen LogP contribution in [0.2, 0.25) is 0 Å². The van der Waals surface area contributed by atoms with Gasteiger partial charge in [-0.05, 0) is 83.6 Å². The fourth-order valence-electron chi connectivity index (χ4n) is 5.57. The Morgan fingerprint density at radius 2 is 0.578 bits per heavy atom. The lowest BCUT2D eigenvalue weighted by Crippen LogP contribution is -2.15. The molecule has 0 N–H and O–H groups in total. The standard InChI is InChI=1S/C52H50O12/c1-3-47(53)61-35-37-63-51(57)29-27-49(55)59-33-31-45-23-19-43(20-24-45)17-15-41-11-7-39(8-12-41)5-6-40-9-13-42(14-10-40)16-18-44-21-25-46(26-22-44)32-34-60-50(56)28-30-52(58)64-38-36-62-48(54)4-2/h3-4,7-14,19-26H,1-2,5-6,27-38H2. The average Bonchev–Trinajstić information content (AvgIpc) is 3.32. The van der Waals surface area contributed by atoms with Crippen LogP contribution in [0.25, 0.3) is 0 Å². The summed E-state index contributed by atoms with van der Waals surface area (Å²) >= 11 is 0. The Hall–Kier alpha value is -7.70. The Labute approximate surface area is 373 Å². The molecule has 0 bridgehead atoms. The molecule has 0 atom stereocenters. The van der Waals surface area contributed by atoms with Gasteiger partial charge in [-0.3, -0.25) is 19.2 Å². The van der Waals surface area contributed by atoms with E-state index in [1.165, 1.54) is 11.1 Å². The molecule has 0 saturated carbocycles. The van der Waals surface area contributed by atoms with Gasteiger partial charge in [0.2, 0.25) is 0 Å². The molecular weight excluding hydrogens is 817 g/mol. The first-order chi connectivity index (χ1) is 31.1. The van der Waals surface area contributed by atoms with Crippen LogP contribution in [0.15, 0.2) is 122 Å². The van der Waals surface area contributed by atoms with Crippen molar-refractivity contribution in [3.8, 4) is 23.7 Å². The van der Waals surface area contributed by atoms with Crippen molar-refractivity contribution >= 4 is 35.8 Å². The van der Waals surface area contributed by atoms with Crippen LogP contribution in [-0.2, 0) is 82.9 Å². The van der Waals surface area contributed by atoms with E-state index in [0.717, 1.165) is 58.4 Å². The minimum Gasteiger partial charge on any atom is -0.465 e. The van der Waals surface area contributed by atoms with E-state index in [1.807, 2.05) is 72.8 Å². The molecule has 0 aliphatic heterocycles. The molecule has 4 aromatic rings. The molecule has 0 saturated heterocycles. The maximum Gasteiger partial charge on any atom is 0.330 e. The molecule has 330 valence electrons. The van der Waals surface area contributed by atoms with Crippen LogP contribution >= 0.6 is 0 Å². The maximum absolute atomic E-state index is 12.0. The summed E-state index contributed by atoms with van der Waals surface area (Å²) in [6.07, 6.45) is 4.39. The average molecular weight is 867 g/mol. The third kappa shape index (κ3) is 20.2. The van der Waals surface area contributed by atoms with Crippen LogP contribution in [-0.4, -0.2) is 75.5 Å². The second-order valence-electron chi connectivity index (χ2n) is 13.9. The molecule has 0 fully saturated rings. The van der Waals surface area contributed by atoms with Crippen molar-refractivity contribution in [3.63, 3.8) is 0 Å². The number of benzene rings is 4. The summed E-state index contributed by atoms with van der Waals surface area (Å²) in [4.78, 5) is 69.4. The van der Waals surface area contributed by atoms with E-state index >= 15 is 0 Å². The molecule has 0 aliphatic carbocycles. The van der Waals surface area contributed by atoms with Crippen LogP contribution in [0.4, 0.5) is 0 Å². The van der Waals surface area contributed by atoms with Crippen LogP contribution in [0.5, 0.6) is 0 Å². The van der Waals surface area contributed by atoms with Crippen LogP contribution in [0.1, 0.15) is 70.2 Å². The van der Waals surface area contributed by atoms with Crippen molar-refractivity contribution in [2.24, 2.45) is 0 Å². The Morgan fingerprint density at radius 1 is 0.344 bits per heavy atom. The molecule has 0 aliphatic rings. The largest absolute Gasteiger partial charge is 0.465 e. The number of esters is 6. The molecule has 0 aromatic heterocycles. The van der Waals surface area contributed by atoms with Crippen LogP contribution < -0.4 is 0 Å². The normalized spacial score (nSPS) is 10.1. The summed E-state index contributed by atoms with van der Waals surface area (Å²) in [6, 6.07) is 31.9. The molecule has 0 amide bonds. The molecule has 12 heteroatoms. The number of rotatable bonds is 23. The highest BCUT2D eigenvalue weighted by molar-refractivity contribution is 5.81. The first-order valence-corrected chi connectivity index (χ1v) is 20.7. The van der Waals surface area contributed by atoms with Gasteiger partial charge in [0.1, 0.15) is 26.4 Å².